The number of amides is 3. The van der Waals surface area contributed by atoms with Crippen LogP contribution in [0.3, 0.4) is 0 Å². The SMILES string of the molecule is CN1C(=O)c2cc(C(=O)NCCC3=CCCCC3)nn2C[C@@]1(C)C(=O)NC1CCCCCC1. The highest BCUT2D eigenvalue weighted by molar-refractivity contribution is 6.01. The lowest BCUT2D eigenvalue weighted by molar-refractivity contribution is -0.133. The van der Waals surface area contributed by atoms with Gasteiger partial charge in [-0.25, -0.2) is 0 Å². The van der Waals surface area contributed by atoms with Crippen LogP contribution >= 0.6 is 0 Å². The van der Waals surface area contributed by atoms with Crippen molar-refractivity contribution in [1.82, 2.24) is 25.3 Å². The number of allylic oxidation sites excluding steroid dienone is 1. The average molecular weight is 456 g/mol. The summed E-state index contributed by atoms with van der Waals surface area (Å²) >= 11 is 0. The molecule has 0 saturated heterocycles. The molecular weight excluding hydrogens is 418 g/mol. The summed E-state index contributed by atoms with van der Waals surface area (Å²) in [5.74, 6) is -0.731. The number of hydrogen-bond donors (Lipinski definition) is 2. The van der Waals surface area contributed by atoms with Crippen LogP contribution in [0.5, 0.6) is 0 Å². The number of aromatic nitrogens is 2. The van der Waals surface area contributed by atoms with E-state index in [0.29, 0.717) is 12.2 Å². The Labute approximate surface area is 196 Å². The monoisotopic (exact) mass is 455 g/mol. The van der Waals surface area contributed by atoms with Crippen molar-refractivity contribution in [2.45, 2.75) is 95.7 Å². The number of fused-ring (bicyclic) bond motifs is 1. The highest BCUT2D eigenvalue weighted by atomic mass is 16.2. The number of hydrogen-bond acceptors (Lipinski definition) is 4. The molecule has 33 heavy (non-hydrogen) atoms. The summed E-state index contributed by atoms with van der Waals surface area (Å²) < 4.78 is 1.52. The van der Waals surface area contributed by atoms with Gasteiger partial charge in [-0.05, 0) is 51.9 Å². The molecule has 4 rings (SSSR count). The van der Waals surface area contributed by atoms with Crippen LogP contribution in [0, 0.1) is 0 Å². The molecule has 0 spiro atoms. The molecule has 1 aromatic heterocycles. The molecule has 0 bridgehead atoms. The van der Waals surface area contributed by atoms with E-state index in [9.17, 15) is 14.4 Å². The number of rotatable bonds is 6. The number of nitrogens with one attached hydrogen (secondary N) is 2. The Morgan fingerprint density at radius 2 is 1.91 bits per heavy atom. The maximum Gasteiger partial charge on any atom is 0.272 e. The van der Waals surface area contributed by atoms with Gasteiger partial charge in [0.05, 0.1) is 6.54 Å². The van der Waals surface area contributed by atoms with Crippen LogP contribution in [0.4, 0.5) is 0 Å². The molecule has 2 N–H and O–H groups in total. The number of nitrogens with zero attached hydrogens (tertiary/aromatic N) is 3. The summed E-state index contributed by atoms with van der Waals surface area (Å²) in [5.41, 5.74) is 0.914. The van der Waals surface area contributed by atoms with E-state index in [-0.39, 0.29) is 36.0 Å². The summed E-state index contributed by atoms with van der Waals surface area (Å²) in [4.78, 5) is 40.5. The maximum atomic E-state index is 13.3. The minimum Gasteiger partial charge on any atom is -0.351 e. The zero-order chi connectivity index (χ0) is 23.4. The molecule has 180 valence electrons. The molecule has 2 heterocycles. The van der Waals surface area contributed by atoms with Crippen molar-refractivity contribution < 1.29 is 14.4 Å². The molecule has 1 aromatic rings. The quantitative estimate of drug-likeness (QED) is 0.509. The normalized spacial score (nSPS) is 24.0. The molecule has 1 saturated carbocycles. The Kier molecular flexibility index (Phi) is 7.20. The lowest BCUT2D eigenvalue weighted by atomic mass is 9.95. The Morgan fingerprint density at radius 1 is 1.15 bits per heavy atom. The fourth-order valence-electron chi connectivity index (χ4n) is 5.16. The second-order valence-corrected chi connectivity index (χ2v) is 9.99. The molecule has 1 fully saturated rings. The van der Waals surface area contributed by atoms with Crippen molar-refractivity contribution in [2.24, 2.45) is 0 Å². The van der Waals surface area contributed by atoms with Crippen LogP contribution < -0.4 is 10.6 Å². The minimum absolute atomic E-state index is 0.153. The summed E-state index contributed by atoms with van der Waals surface area (Å²) in [7, 11) is 1.66. The van der Waals surface area contributed by atoms with Crippen molar-refractivity contribution in [3.8, 4) is 0 Å². The smallest absolute Gasteiger partial charge is 0.272 e. The molecule has 1 aliphatic heterocycles. The van der Waals surface area contributed by atoms with Gasteiger partial charge in [0.15, 0.2) is 5.69 Å². The summed E-state index contributed by atoms with van der Waals surface area (Å²) in [6.45, 7) is 2.56. The van der Waals surface area contributed by atoms with Crippen LogP contribution in [-0.4, -0.2) is 57.6 Å². The third-order valence-corrected chi connectivity index (χ3v) is 7.53. The lowest BCUT2D eigenvalue weighted by Crippen LogP contribution is -2.63. The van der Waals surface area contributed by atoms with Crippen molar-refractivity contribution in [3.05, 3.63) is 29.1 Å². The van der Waals surface area contributed by atoms with Crippen molar-refractivity contribution in [2.75, 3.05) is 13.6 Å². The van der Waals surface area contributed by atoms with Crippen LogP contribution in [0.1, 0.15) is 98.5 Å². The molecule has 3 aliphatic rings. The van der Waals surface area contributed by atoms with Crippen molar-refractivity contribution in [3.63, 3.8) is 0 Å². The van der Waals surface area contributed by atoms with Gasteiger partial charge in [-0.3, -0.25) is 19.1 Å². The zero-order valence-corrected chi connectivity index (χ0v) is 20.0. The van der Waals surface area contributed by atoms with Gasteiger partial charge in [0.1, 0.15) is 11.2 Å². The Bertz CT molecular complexity index is 928. The van der Waals surface area contributed by atoms with Gasteiger partial charge in [0.25, 0.3) is 11.8 Å². The average Bonchev–Trinajstić information content (AvgIpc) is 3.06. The van der Waals surface area contributed by atoms with Gasteiger partial charge in [0.2, 0.25) is 5.91 Å². The van der Waals surface area contributed by atoms with Gasteiger partial charge in [-0.2, -0.15) is 5.10 Å². The van der Waals surface area contributed by atoms with E-state index in [4.69, 9.17) is 0 Å². The summed E-state index contributed by atoms with van der Waals surface area (Å²) in [5, 5.41) is 10.5. The van der Waals surface area contributed by atoms with Crippen LogP contribution in [0.25, 0.3) is 0 Å². The van der Waals surface area contributed by atoms with Gasteiger partial charge < -0.3 is 15.5 Å². The van der Waals surface area contributed by atoms with E-state index in [1.807, 2.05) is 0 Å². The predicted octanol–water partition coefficient (Wildman–Crippen LogP) is 3.19. The van der Waals surface area contributed by atoms with Crippen LogP contribution in [-0.2, 0) is 11.3 Å². The van der Waals surface area contributed by atoms with Crippen molar-refractivity contribution in [1.29, 1.82) is 0 Å². The van der Waals surface area contributed by atoms with E-state index >= 15 is 0 Å². The number of carbonyl (C=O) groups is 3. The fourth-order valence-corrected chi connectivity index (χ4v) is 5.16. The summed E-state index contributed by atoms with van der Waals surface area (Å²) in [6.07, 6.45) is 14.4. The van der Waals surface area contributed by atoms with E-state index < -0.39 is 5.54 Å². The van der Waals surface area contributed by atoms with Gasteiger partial charge in [-0.1, -0.05) is 37.3 Å². The minimum atomic E-state index is -1.05. The van der Waals surface area contributed by atoms with E-state index in [2.05, 4.69) is 21.8 Å². The van der Waals surface area contributed by atoms with Crippen LogP contribution in [0.2, 0.25) is 0 Å². The first-order chi connectivity index (χ1) is 15.9. The highest BCUT2D eigenvalue weighted by Gasteiger charge is 2.46. The molecule has 1 atom stereocenters. The van der Waals surface area contributed by atoms with Crippen molar-refractivity contribution >= 4 is 17.7 Å². The molecule has 8 heteroatoms. The molecule has 0 aromatic carbocycles. The first-order valence-corrected chi connectivity index (χ1v) is 12.5. The maximum absolute atomic E-state index is 13.3. The topological polar surface area (TPSA) is 96.3 Å². The molecule has 8 nitrogen and oxygen atoms in total. The van der Waals surface area contributed by atoms with Gasteiger partial charge in [0, 0.05) is 25.7 Å². The van der Waals surface area contributed by atoms with E-state index in [1.165, 1.54) is 46.9 Å². The Hall–Kier alpha value is -2.64. The second kappa shape index (κ2) is 10.1. The molecule has 0 unspecified atom stereocenters. The van der Waals surface area contributed by atoms with Gasteiger partial charge >= 0.3 is 0 Å². The zero-order valence-electron chi connectivity index (χ0n) is 20.0. The molecule has 3 amide bonds. The first-order valence-electron chi connectivity index (χ1n) is 12.5. The highest BCUT2D eigenvalue weighted by Crippen LogP contribution is 2.27. The van der Waals surface area contributed by atoms with Gasteiger partial charge in [-0.15, -0.1) is 0 Å². The van der Waals surface area contributed by atoms with Crippen LogP contribution in [0.15, 0.2) is 17.7 Å². The largest absolute Gasteiger partial charge is 0.351 e. The number of carbonyl (C=O) groups excluding carboxylic acids is 3. The van der Waals surface area contributed by atoms with E-state index in [1.54, 1.807) is 14.0 Å². The predicted molar refractivity (Wildman–Crippen MR) is 126 cm³/mol. The first kappa shape index (κ1) is 23.5. The summed E-state index contributed by atoms with van der Waals surface area (Å²) in [6, 6.07) is 1.69. The number of likely N-dealkylation sites (N-methyl/N-ethyl adjacent to an activating group) is 1. The third-order valence-electron chi connectivity index (χ3n) is 7.53. The second-order valence-electron chi connectivity index (χ2n) is 9.99. The fraction of sp³-hybridized carbons (Fsp3) is 0.680. The third kappa shape index (κ3) is 5.14. The Balaban J connectivity index is 1.41. The standard InChI is InChI=1S/C25H37N5O3/c1-25(24(33)27-19-12-8-3-4-9-13-19)17-30-21(23(32)29(25)2)16-20(28-30)22(31)26-15-14-18-10-6-5-7-11-18/h10,16,19H,3-9,11-15,17H2,1-2H3,(H,26,31)(H,27,33)/t25-/m0/s1. The molecule has 0 radical (unpaired) electrons. The molecular formula is C25H37N5O3. The molecule has 2 aliphatic carbocycles. The lowest BCUT2D eigenvalue weighted by Gasteiger charge is -2.41. The van der Waals surface area contributed by atoms with E-state index in [0.717, 1.165) is 44.9 Å². The Morgan fingerprint density at radius 3 is 2.61 bits per heavy atom.